The average molecular weight is 176 g/mol. The van der Waals surface area contributed by atoms with E-state index < -0.39 is 0 Å². The van der Waals surface area contributed by atoms with Crippen molar-refractivity contribution in [2.75, 3.05) is 25.5 Å². The van der Waals surface area contributed by atoms with E-state index >= 15 is 0 Å². The van der Waals surface area contributed by atoms with Gasteiger partial charge in [-0.15, -0.1) is 11.6 Å². The van der Waals surface area contributed by atoms with Crippen LogP contribution < -0.4 is 0 Å². The zero-order valence-corrected chi connectivity index (χ0v) is 7.39. The Bertz CT molecular complexity index is 130. The largest absolute Gasteiger partial charge is 0.372 e. The summed E-state index contributed by atoms with van der Waals surface area (Å²) in [5.74, 6) is 0.749. The first-order valence-electron chi connectivity index (χ1n) is 4.32. The van der Waals surface area contributed by atoms with Gasteiger partial charge in [-0.2, -0.15) is 0 Å². The van der Waals surface area contributed by atoms with E-state index in [2.05, 4.69) is 4.90 Å². The van der Waals surface area contributed by atoms with Gasteiger partial charge in [-0.05, 0) is 12.8 Å². The standard InChI is InChI=1S/C8H14ClNO/c9-3-4-10-5-7-1-2-8(6-10)11-7/h7-8H,1-6H2/t7-,8-/m0/s1. The van der Waals surface area contributed by atoms with E-state index in [9.17, 15) is 0 Å². The van der Waals surface area contributed by atoms with Crippen molar-refractivity contribution < 1.29 is 4.74 Å². The molecule has 64 valence electrons. The maximum atomic E-state index is 5.69. The lowest BCUT2D eigenvalue weighted by molar-refractivity contribution is -0.0361. The molecule has 3 heteroatoms. The number of hydrogen-bond acceptors (Lipinski definition) is 2. The Kier molecular flexibility index (Phi) is 2.35. The van der Waals surface area contributed by atoms with E-state index in [4.69, 9.17) is 16.3 Å². The number of morpholine rings is 1. The Morgan fingerprint density at radius 3 is 2.45 bits per heavy atom. The van der Waals surface area contributed by atoms with E-state index in [1.54, 1.807) is 0 Å². The molecule has 0 aromatic rings. The first-order valence-corrected chi connectivity index (χ1v) is 4.85. The molecule has 0 radical (unpaired) electrons. The Labute approximate surface area is 72.5 Å². The van der Waals surface area contributed by atoms with Gasteiger partial charge in [0, 0.05) is 25.5 Å². The van der Waals surface area contributed by atoms with Crippen LogP contribution in [0, 0.1) is 0 Å². The Morgan fingerprint density at radius 1 is 1.27 bits per heavy atom. The van der Waals surface area contributed by atoms with Crippen molar-refractivity contribution in [2.45, 2.75) is 25.0 Å². The summed E-state index contributed by atoms with van der Waals surface area (Å²) in [5, 5.41) is 0. The van der Waals surface area contributed by atoms with E-state index in [1.807, 2.05) is 0 Å². The molecule has 2 nitrogen and oxygen atoms in total. The lowest BCUT2D eigenvalue weighted by Crippen LogP contribution is -2.43. The van der Waals surface area contributed by atoms with E-state index in [0.717, 1.165) is 25.5 Å². The highest BCUT2D eigenvalue weighted by Gasteiger charge is 2.32. The summed E-state index contributed by atoms with van der Waals surface area (Å²) in [7, 11) is 0. The minimum atomic E-state index is 0.511. The second kappa shape index (κ2) is 3.30. The van der Waals surface area contributed by atoms with Crippen LogP contribution in [0.1, 0.15) is 12.8 Å². The lowest BCUT2D eigenvalue weighted by atomic mass is 10.2. The summed E-state index contributed by atoms with van der Waals surface area (Å²) in [6, 6.07) is 0. The molecule has 0 saturated carbocycles. The fraction of sp³-hybridized carbons (Fsp3) is 1.00. The van der Waals surface area contributed by atoms with Crippen molar-refractivity contribution >= 4 is 11.6 Å². The van der Waals surface area contributed by atoms with Crippen LogP contribution >= 0.6 is 11.6 Å². The van der Waals surface area contributed by atoms with Crippen molar-refractivity contribution in [3.63, 3.8) is 0 Å². The van der Waals surface area contributed by atoms with Crippen molar-refractivity contribution in [1.82, 2.24) is 4.90 Å². The van der Waals surface area contributed by atoms with Crippen LogP contribution in [0.4, 0.5) is 0 Å². The molecule has 2 aliphatic heterocycles. The van der Waals surface area contributed by atoms with Gasteiger partial charge in [-0.25, -0.2) is 0 Å². The van der Waals surface area contributed by atoms with Crippen LogP contribution in [0.2, 0.25) is 0 Å². The minimum Gasteiger partial charge on any atom is -0.372 e. The van der Waals surface area contributed by atoms with Crippen molar-refractivity contribution in [1.29, 1.82) is 0 Å². The number of ether oxygens (including phenoxy) is 1. The number of likely N-dealkylation sites (tertiary alicyclic amines) is 1. The van der Waals surface area contributed by atoms with Gasteiger partial charge in [0.25, 0.3) is 0 Å². The molecule has 2 bridgehead atoms. The minimum absolute atomic E-state index is 0.511. The highest BCUT2D eigenvalue weighted by atomic mass is 35.5. The Hall–Kier alpha value is 0.210. The van der Waals surface area contributed by atoms with Gasteiger partial charge in [0.05, 0.1) is 12.2 Å². The summed E-state index contributed by atoms with van der Waals surface area (Å²) >= 11 is 5.67. The number of halogens is 1. The zero-order chi connectivity index (χ0) is 7.68. The Morgan fingerprint density at radius 2 is 1.91 bits per heavy atom. The molecular formula is C8H14ClNO. The molecule has 2 fully saturated rings. The molecule has 2 atom stereocenters. The van der Waals surface area contributed by atoms with E-state index in [0.29, 0.717) is 12.2 Å². The van der Waals surface area contributed by atoms with Crippen LogP contribution in [-0.2, 0) is 4.74 Å². The summed E-state index contributed by atoms with van der Waals surface area (Å²) in [6.45, 7) is 3.23. The number of rotatable bonds is 2. The molecule has 0 aromatic heterocycles. The van der Waals surface area contributed by atoms with Crippen LogP contribution in [0.25, 0.3) is 0 Å². The second-order valence-electron chi connectivity index (χ2n) is 3.41. The molecule has 2 heterocycles. The van der Waals surface area contributed by atoms with Crippen LogP contribution in [0.5, 0.6) is 0 Å². The third kappa shape index (κ3) is 1.68. The van der Waals surface area contributed by atoms with Gasteiger partial charge in [-0.1, -0.05) is 0 Å². The van der Waals surface area contributed by atoms with Gasteiger partial charge >= 0.3 is 0 Å². The molecule has 11 heavy (non-hydrogen) atoms. The summed E-state index contributed by atoms with van der Waals surface area (Å²) in [5.41, 5.74) is 0. The SMILES string of the molecule is ClCCN1C[C@@H]2CC[C@@H](C1)O2. The number of fused-ring (bicyclic) bond motifs is 2. The predicted octanol–water partition coefficient (Wildman–Crippen LogP) is 1.09. The maximum absolute atomic E-state index is 5.69. The van der Waals surface area contributed by atoms with E-state index in [-0.39, 0.29) is 0 Å². The van der Waals surface area contributed by atoms with E-state index in [1.165, 1.54) is 12.8 Å². The highest BCUT2D eigenvalue weighted by Crippen LogP contribution is 2.25. The highest BCUT2D eigenvalue weighted by molar-refractivity contribution is 6.18. The third-order valence-electron chi connectivity index (χ3n) is 2.52. The van der Waals surface area contributed by atoms with Gasteiger partial charge in [0.2, 0.25) is 0 Å². The van der Waals surface area contributed by atoms with Crippen LogP contribution in [0.3, 0.4) is 0 Å². The molecule has 0 spiro atoms. The van der Waals surface area contributed by atoms with Gasteiger partial charge in [0.1, 0.15) is 0 Å². The normalized spacial score (nSPS) is 37.9. The predicted molar refractivity (Wildman–Crippen MR) is 45.1 cm³/mol. The Balaban J connectivity index is 1.87. The van der Waals surface area contributed by atoms with Crippen molar-refractivity contribution in [3.05, 3.63) is 0 Å². The van der Waals surface area contributed by atoms with Gasteiger partial charge in [-0.3, -0.25) is 4.90 Å². The smallest absolute Gasteiger partial charge is 0.0707 e. The summed E-state index contributed by atoms with van der Waals surface area (Å²) in [6.07, 6.45) is 3.53. The molecule has 0 N–H and O–H groups in total. The molecular weight excluding hydrogens is 162 g/mol. The van der Waals surface area contributed by atoms with Gasteiger partial charge < -0.3 is 4.74 Å². The summed E-state index contributed by atoms with van der Waals surface area (Å²) < 4.78 is 5.69. The number of hydrogen-bond donors (Lipinski definition) is 0. The second-order valence-corrected chi connectivity index (χ2v) is 3.78. The monoisotopic (exact) mass is 175 g/mol. The molecule has 2 rings (SSSR count). The van der Waals surface area contributed by atoms with Crippen LogP contribution in [0.15, 0.2) is 0 Å². The molecule has 2 saturated heterocycles. The zero-order valence-electron chi connectivity index (χ0n) is 6.63. The first kappa shape index (κ1) is 7.84. The lowest BCUT2D eigenvalue weighted by Gasteiger charge is -2.31. The number of alkyl halides is 1. The average Bonchev–Trinajstić information content (AvgIpc) is 2.32. The topological polar surface area (TPSA) is 12.5 Å². The fourth-order valence-electron chi connectivity index (χ4n) is 2.00. The maximum Gasteiger partial charge on any atom is 0.0707 e. The molecule has 0 amide bonds. The quantitative estimate of drug-likeness (QED) is 0.583. The van der Waals surface area contributed by atoms with Crippen LogP contribution in [-0.4, -0.2) is 42.6 Å². The third-order valence-corrected chi connectivity index (χ3v) is 2.69. The molecule has 0 unspecified atom stereocenters. The fourth-order valence-corrected chi connectivity index (χ4v) is 2.24. The van der Waals surface area contributed by atoms with Crippen molar-refractivity contribution in [2.24, 2.45) is 0 Å². The van der Waals surface area contributed by atoms with Gasteiger partial charge in [0.15, 0.2) is 0 Å². The summed E-state index contributed by atoms with van der Waals surface area (Å²) in [4.78, 5) is 2.42. The molecule has 0 aliphatic carbocycles. The molecule has 2 aliphatic rings. The van der Waals surface area contributed by atoms with Crippen molar-refractivity contribution in [3.8, 4) is 0 Å². The molecule has 0 aromatic carbocycles. The first-order chi connectivity index (χ1) is 5.38. The number of nitrogens with zero attached hydrogens (tertiary/aromatic N) is 1.